The van der Waals surface area contributed by atoms with Gasteiger partial charge in [0, 0.05) is 93.2 Å². The SMILES string of the molecule is CCN1C(=CC=CC2=[N+](Cc3ccccc3)c3ccc4ccccc4c3C2(C)Cc2ccc(CC3(C)C(C=CC=C4N(CC)c5ccc6ccccc6c5C4(C)Cc4ccccc4)=[N+](Cc4ccccc4)c4ccc5ccccc5c43)cc2)C(C)(Cc2ccccc2)c2c1ccc1ccccc21. The van der Waals surface area contributed by atoms with Crippen molar-refractivity contribution < 1.29 is 9.15 Å². The van der Waals surface area contributed by atoms with E-state index in [9.17, 15) is 0 Å². The van der Waals surface area contributed by atoms with Crippen LogP contribution in [-0.4, -0.2) is 33.7 Å². The number of benzene rings is 13. The number of hydrogen-bond acceptors (Lipinski definition) is 2. The fourth-order valence-corrected chi connectivity index (χ4v) is 18.9. The molecule has 17 rings (SSSR count). The summed E-state index contributed by atoms with van der Waals surface area (Å²) in [4.78, 5) is 5.17. The fourth-order valence-electron chi connectivity index (χ4n) is 18.9. The molecule has 0 saturated carbocycles. The van der Waals surface area contributed by atoms with Crippen molar-refractivity contribution in [3.63, 3.8) is 0 Å². The fraction of sp³-hybridized carbons (Fsp3) is 0.184. The highest BCUT2D eigenvalue weighted by Gasteiger charge is 2.52. The molecule has 0 fully saturated rings. The maximum Gasteiger partial charge on any atom is 0.210 e. The molecule has 4 aliphatic rings. The van der Waals surface area contributed by atoms with Gasteiger partial charge in [-0.1, -0.05) is 267 Å². The van der Waals surface area contributed by atoms with Crippen LogP contribution in [0.3, 0.4) is 0 Å². The number of allylic oxidation sites excluding steroid dienone is 8. The van der Waals surface area contributed by atoms with Crippen LogP contribution >= 0.6 is 0 Å². The zero-order valence-electron chi connectivity index (χ0n) is 59.6. The van der Waals surface area contributed by atoms with Crippen molar-refractivity contribution in [3.8, 4) is 0 Å². The van der Waals surface area contributed by atoms with Gasteiger partial charge in [-0.05, 0) is 180 Å². The van der Waals surface area contributed by atoms with E-state index in [1.807, 2.05) is 0 Å². The van der Waals surface area contributed by atoms with Crippen LogP contribution in [0.25, 0.3) is 43.1 Å². The quantitative estimate of drug-likeness (QED) is 0.0794. The lowest BCUT2D eigenvalue weighted by molar-refractivity contribution is -0.455. The van der Waals surface area contributed by atoms with Crippen molar-refractivity contribution >= 4 is 77.3 Å². The molecule has 0 radical (unpaired) electrons. The average molecular weight is 1320 g/mol. The number of hydrogen-bond donors (Lipinski definition) is 0. The Balaban J connectivity index is 0.781. The average Bonchev–Trinajstić information content (AvgIpc) is 1.58. The summed E-state index contributed by atoms with van der Waals surface area (Å²) in [5.41, 5.74) is 22.4. The Hall–Kier alpha value is -11.2. The van der Waals surface area contributed by atoms with Gasteiger partial charge < -0.3 is 9.80 Å². The Kier molecular flexibility index (Phi) is 16.4. The highest BCUT2D eigenvalue weighted by Crippen LogP contribution is 2.56. The van der Waals surface area contributed by atoms with Gasteiger partial charge in [0.1, 0.15) is 0 Å². The molecule has 4 atom stereocenters. The summed E-state index contributed by atoms with van der Waals surface area (Å²) in [7, 11) is 0. The topological polar surface area (TPSA) is 12.5 Å². The van der Waals surface area contributed by atoms with Crippen molar-refractivity contribution in [2.24, 2.45) is 0 Å². The van der Waals surface area contributed by atoms with Crippen molar-refractivity contribution in [3.05, 3.63) is 395 Å². The highest BCUT2D eigenvalue weighted by molar-refractivity contribution is 6.10. The molecule has 0 amide bonds. The third kappa shape index (κ3) is 10.9. The van der Waals surface area contributed by atoms with E-state index in [0.29, 0.717) is 0 Å². The zero-order chi connectivity index (χ0) is 69.2. The largest absolute Gasteiger partial charge is 0.344 e. The first-order valence-corrected chi connectivity index (χ1v) is 36.9. The molecule has 4 heterocycles. The molecule has 4 unspecified atom stereocenters. The molecule has 0 N–H and O–H groups in total. The molecule has 0 spiro atoms. The maximum atomic E-state index is 2.64. The van der Waals surface area contributed by atoms with Crippen molar-refractivity contribution in [2.75, 3.05) is 22.9 Å². The first-order valence-electron chi connectivity index (χ1n) is 36.9. The van der Waals surface area contributed by atoms with Gasteiger partial charge in [-0.2, -0.15) is 9.15 Å². The minimum Gasteiger partial charge on any atom is -0.344 e. The molecule has 0 aliphatic carbocycles. The second kappa shape index (κ2) is 26.1. The zero-order valence-corrected chi connectivity index (χ0v) is 59.6. The van der Waals surface area contributed by atoms with E-state index in [1.54, 1.807) is 0 Å². The predicted octanol–water partition coefficient (Wildman–Crippen LogP) is 22.9. The summed E-state index contributed by atoms with van der Waals surface area (Å²) < 4.78 is 5.28. The Morgan fingerprint density at radius 1 is 0.284 bits per heavy atom. The molecule has 0 aromatic heterocycles. The predicted molar refractivity (Wildman–Crippen MR) is 430 cm³/mol. The van der Waals surface area contributed by atoms with E-state index in [0.717, 1.165) is 51.9 Å². The first kappa shape index (κ1) is 64.2. The van der Waals surface area contributed by atoms with Crippen LogP contribution in [0.4, 0.5) is 22.7 Å². The lowest BCUT2D eigenvalue weighted by atomic mass is 9.71. The molecular weight excluding hydrogens is 1230 g/mol. The Labute approximate surface area is 602 Å². The molecule has 102 heavy (non-hydrogen) atoms. The third-order valence-corrected chi connectivity index (χ3v) is 23.4. The Morgan fingerprint density at radius 3 is 0.912 bits per heavy atom. The normalized spacial score (nSPS) is 20.8. The minimum atomic E-state index is -0.431. The summed E-state index contributed by atoms with van der Waals surface area (Å²) in [6, 6.07) is 109. The summed E-state index contributed by atoms with van der Waals surface area (Å²) >= 11 is 0. The first-order chi connectivity index (χ1) is 50.0. The van der Waals surface area contributed by atoms with Crippen LogP contribution in [-0.2, 0) is 60.4 Å². The molecule has 13 aromatic rings. The lowest BCUT2D eigenvalue weighted by Gasteiger charge is -2.30. The molecule has 4 nitrogen and oxygen atoms in total. The van der Waals surface area contributed by atoms with Gasteiger partial charge in [0.05, 0.1) is 10.8 Å². The second-order valence-corrected chi connectivity index (χ2v) is 29.8. The van der Waals surface area contributed by atoms with Gasteiger partial charge in [-0.15, -0.1) is 0 Å². The number of likely N-dealkylation sites (N-methyl/N-ethyl adjacent to an activating group) is 2. The van der Waals surface area contributed by atoms with Crippen molar-refractivity contribution in [1.82, 2.24) is 0 Å². The summed E-state index contributed by atoms with van der Waals surface area (Å²) in [6.07, 6.45) is 18.1. The third-order valence-electron chi connectivity index (χ3n) is 23.4. The monoisotopic (exact) mass is 1320 g/mol. The minimum absolute atomic E-state index is 0.302. The van der Waals surface area contributed by atoms with Gasteiger partial charge >= 0.3 is 0 Å². The molecule has 4 heteroatoms. The smallest absolute Gasteiger partial charge is 0.210 e. The van der Waals surface area contributed by atoms with E-state index >= 15 is 0 Å². The number of anilines is 2. The number of fused-ring (bicyclic) bond motifs is 12. The van der Waals surface area contributed by atoms with E-state index in [4.69, 9.17) is 0 Å². The molecule has 0 bridgehead atoms. The molecule has 498 valence electrons. The van der Waals surface area contributed by atoms with Crippen LogP contribution in [0.2, 0.25) is 0 Å². The summed E-state index contributed by atoms with van der Waals surface area (Å²) in [5.74, 6) is 0. The highest BCUT2D eigenvalue weighted by atomic mass is 15.2. The molecule has 0 saturated heterocycles. The van der Waals surface area contributed by atoms with E-state index < -0.39 is 10.8 Å². The van der Waals surface area contributed by atoms with Crippen LogP contribution < -0.4 is 9.80 Å². The van der Waals surface area contributed by atoms with Gasteiger partial charge in [-0.25, -0.2) is 0 Å². The molecule has 4 aliphatic heterocycles. The Morgan fingerprint density at radius 2 is 0.569 bits per heavy atom. The van der Waals surface area contributed by atoms with Gasteiger partial charge in [0.2, 0.25) is 11.4 Å². The Bertz CT molecular complexity index is 5250. The number of nitrogens with zero attached hydrogens (tertiary/aromatic N) is 4. The van der Waals surface area contributed by atoms with Gasteiger partial charge in [0.15, 0.2) is 24.5 Å². The van der Waals surface area contributed by atoms with Crippen molar-refractivity contribution in [1.29, 1.82) is 0 Å². The van der Waals surface area contributed by atoms with E-state index in [1.165, 1.54) is 144 Å². The molecular formula is C98H88N4+2. The van der Waals surface area contributed by atoms with Crippen LogP contribution in [0.1, 0.15) is 97.2 Å². The van der Waals surface area contributed by atoms with Gasteiger partial charge in [0.25, 0.3) is 0 Å². The maximum absolute atomic E-state index is 2.64. The standard InChI is InChI=1S/C98H88N4/c1-7-99-83-59-55-75-39-21-25-43-79(75)91(83)95(3,63-69-31-13-9-14-32-69)87(99)47-29-49-89-97(5,93-81-45-27-23-41-77(81)57-61-85(93)101(89)67-73-35-17-11-18-36-73)65-71-51-53-72(54-52-71)66-98(6)90(102(68-74-37-19-12-20-38-74)86-62-58-78-42-24-28-46-82(78)94(86)98)50-30-48-88-96(4,64-70-33-15-10-16-34-70)92-80-44-26-22-40-76(80)56-60-84(92)100(88)8-2/h9-62H,7-8,63-68H2,1-6H3/q+2. The second-order valence-electron chi connectivity index (χ2n) is 29.8. The summed E-state index contributed by atoms with van der Waals surface area (Å²) in [5, 5.41) is 10.4. The van der Waals surface area contributed by atoms with Crippen LogP contribution in [0, 0.1) is 0 Å². The van der Waals surface area contributed by atoms with Crippen LogP contribution in [0.15, 0.2) is 339 Å². The lowest BCUT2D eigenvalue weighted by Crippen LogP contribution is -2.34. The molecule has 13 aromatic carbocycles. The van der Waals surface area contributed by atoms with Gasteiger partial charge in [-0.3, -0.25) is 0 Å². The van der Waals surface area contributed by atoms with Crippen molar-refractivity contribution in [2.45, 2.75) is 102 Å². The van der Waals surface area contributed by atoms with Crippen LogP contribution in [0.5, 0.6) is 0 Å². The summed E-state index contributed by atoms with van der Waals surface area (Å²) in [6.45, 7) is 17.9. The van der Waals surface area contributed by atoms with E-state index in [2.05, 4.69) is 388 Å². The number of rotatable bonds is 18. The van der Waals surface area contributed by atoms with E-state index in [-0.39, 0.29) is 10.8 Å².